The third kappa shape index (κ3) is 9.48. The van der Waals surface area contributed by atoms with E-state index in [0.29, 0.717) is 0 Å². The molecule has 2 aromatic heterocycles. The molecular weight excluding hydrogens is 605 g/mol. The van der Waals surface area contributed by atoms with Crippen LogP contribution in [0.15, 0.2) is 54.6 Å². The van der Waals surface area contributed by atoms with Crippen molar-refractivity contribution in [2.75, 3.05) is 18.4 Å². The third-order valence-electron chi connectivity index (χ3n) is 4.87. The zero-order valence-electron chi connectivity index (χ0n) is 18.5. The Kier molecular flexibility index (Phi) is 14.3. The molecule has 168 valence electrons. The maximum atomic E-state index is 4.68. The second-order valence-electron chi connectivity index (χ2n) is 7.44. The molecule has 1 N–H and O–H groups in total. The Balaban J connectivity index is 0.00000300. The number of rotatable bonds is 8. The van der Waals surface area contributed by atoms with Crippen LogP contribution in [-0.4, -0.2) is 28.0 Å². The van der Waals surface area contributed by atoms with Crippen LogP contribution in [0.25, 0.3) is 0 Å². The van der Waals surface area contributed by atoms with Crippen molar-refractivity contribution in [3.05, 3.63) is 88.5 Å². The molecule has 2 heterocycles. The van der Waals surface area contributed by atoms with Gasteiger partial charge in [0.05, 0.1) is 11.4 Å². The van der Waals surface area contributed by atoms with Crippen molar-refractivity contribution in [3.63, 3.8) is 0 Å². The monoisotopic (exact) mass is 634 g/mol. The molecule has 31 heavy (non-hydrogen) atoms. The van der Waals surface area contributed by atoms with Gasteiger partial charge in [-0.05, 0) is 63.1 Å². The first-order valence-corrected chi connectivity index (χ1v) is 9.89. The standard InChI is InChI=1S/C24H30N4.2BrH.Ru/c1-18-8-5-9-19(2)24(18)25-14-15-28(16-22-12-6-10-20(3)26-22)17-23-13-7-11-21(4)27-23;;;/h5-13,25H,14-17H2,1-4H3;2*1H;/q;;;+2/p-2. The maximum Gasteiger partial charge on any atom is 2.00 e. The van der Waals surface area contributed by atoms with E-state index in [2.05, 4.69) is 76.5 Å². The summed E-state index contributed by atoms with van der Waals surface area (Å²) in [6, 6.07) is 18.9. The molecule has 0 saturated heterocycles. The molecule has 0 unspecified atom stereocenters. The molecule has 0 bridgehead atoms. The second kappa shape index (κ2) is 14.8. The Hall–Kier alpha value is -1.14. The Bertz CT molecular complexity index is 869. The first-order chi connectivity index (χ1) is 13.5. The number of nitrogens with one attached hydrogen (secondary N) is 1. The van der Waals surface area contributed by atoms with Gasteiger partial charge >= 0.3 is 19.5 Å². The van der Waals surface area contributed by atoms with Gasteiger partial charge in [0.1, 0.15) is 0 Å². The van der Waals surface area contributed by atoms with Crippen LogP contribution >= 0.6 is 0 Å². The maximum absolute atomic E-state index is 4.68. The molecule has 0 fully saturated rings. The van der Waals surface area contributed by atoms with Gasteiger partial charge in [0.15, 0.2) is 0 Å². The number of halogens is 2. The van der Waals surface area contributed by atoms with E-state index in [4.69, 9.17) is 0 Å². The normalized spacial score (nSPS) is 9.97. The number of hydrogen-bond donors (Lipinski definition) is 1. The SMILES string of the molecule is Cc1cccc(CN(CCNc2c(C)cccc2C)Cc2cccc(C)n2)n1.[Br-].[Br-].[Ru+2]. The molecule has 0 spiro atoms. The molecule has 7 heteroatoms. The number of hydrogen-bond acceptors (Lipinski definition) is 4. The van der Waals surface area contributed by atoms with Crippen LogP contribution < -0.4 is 39.3 Å². The summed E-state index contributed by atoms with van der Waals surface area (Å²) in [6.07, 6.45) is 0. The summed E-state index contributed by atoms with van der Waals surface area (Å²) in [4.78, 5) is 11.8. The topological polar surface area (TPSA) is 41.0 Å². The summed E-state index contributed by atoms with van der Waals surface area (Å²) in [6.45, 7) is 11.8. The summed E-state index contributed by atoms with van der Waals surface area (Å²) in [5.41, 5.74) is 8.11. The fraction of sp³-hybridized carbons (Fsp3) is 0.333. The van der Waals surface area contributed by atoms with Crippen molar-refractivity contribution in [2.24, 2.45) is 0 Å². The minimum Gasteiger partial charge on any atom is -1.00 e. The molecule has 0 atom stereocenters. The molecule has 0 aliphatic rings. The van der Waals surface area contributed by atoms with E-state index in [-0.39, 0.29) is 53.4 Å². The second-order valence-corrected chi connectivity index (χ2v) is 7.44. The molecule has 0 aliphatic heterocycles. The van der Waals surface area contributed by atoms with E-state index in [1.54, 1.807) is 0 Å². The van der Waals surface area contributed by atoms with Gasteiger partial charge in [-0.25, -0.2) is 0 Å². The summed E-state index contributed by atoms with van der Waals surface area (Å²) >= 11 is 0. The molecular formula is C24H30Br2N4Ru. The average molecular weight is 635 g/mol. The van der Waals surface area contributed by atoms with E-state index in [1.807, 2.05) is 26.0 Å². The number of aromatic nitrogens is 2. The Morgan fingerprint density at radius 1 is 0.710 bits per heavy atom. The van der Waals surface area contributed by atoms with E-state index < -0.39 is 0 Å². The summed E-state index contributed by atoms with van der Waals surface area (Å²) in [5, 5.41) is 3.62. The zero-order chi connectivity index (χ0) is 19.9. The van der Waals surface area contributed by atoms with Crippen LogP contribution in [0.4, 0.5) is 5.69 Å². The first kappa shape index (κ1) is 29.9. The van der Waals surface area contributed by atoms with Crippen LogP contribution in [0.2, 0.25) is 0 Å². The van der Waals surface area contributed by atoms with Gasteiger partial charge in [0, 0.05) is 43.3 Å². The van der Waals surface area contributed by atoms with Crippen molar-refractivity contribution in [3.8, 4) is 0 Å². The predicted octanol–water partition coefficient (Wildman–Crippen LogP) is -1.17. The van der Waals surface area contributed by atoms with E-state index >= 15 is 0 Å². The minimum absolute atomic E-state index is 0. The molecule has 3 rings (SSSR count). The Morgan fingerprint density at radius 2 is 1.16 bits per heavy atom. The van der Waals surface area contributed by atoms with Gasteiger partial charge in [0.2, 0.25) is 0 Å². The van der Waals surface area contributed by atoms with Crippen molar-refractivity contribution >= 4 is 5.69 Å². The Labute approximate surface area is 220 Å². The van der Waals surface area contributed by atoms with Crippen LogP contribution in [0, 0.1) is 27.7 Å². The summed E-state index contributed by atoms with van der Waals surface area (Å²) < 4.78 is 0. The first-order valence-electron chi connectivity index (χ1n) is 9.89. The van der Waals surface area contributed by atoms with E-state index in [0.717, 1.165) is 49.0 Å². The van der Waals surface area contributed by atoms with E-state index in [9.17, 15) is 0 Å². The number of para-hydroxylation sites is 1. The third-order valence-corrected chi connectivity index (χ3v) is 4.87. The minimum atomic E-state index is 0. The van der Waals surface area contributed by atoms with Gasteiger partial charge in [0.25, 0.3) is 0 Å². The average Bonchev–Trinajstić information content (AvgIpc) is 2.64. The molecule has 0 radical (unpaired) electrons. The number of anilines is 1. The molecule has 0 saturated carbocycles. The molecule has 0 amide bonds. The van der Waals surface area contributed by atoms with Gasteiger partial charge in [-0.3, -0.25) is 14.9 Å². The largest absolute Gasteiger partial charge is 2.00 e. The van der Waals surface area contributed by atoms with Crippen molar-refractivity contribution < 1.29 is 53.4 Å². The summed E-state index contributed by atoms with van der Waals surface area (Å²) in [5.74, 6) is 0. The van der Waals surface area contributed by atoms with E-state index in [1.165, 1.54) is 16.8 Å². The molecule has 3 aromatic rings. The van der Waals surface area contributed by atoms with Gasteiger partial charge < -0.3 is 39.3 Å². The fourth-order valence-corrected chi connectivity index (χ4v) is 3.48. The summed E-state index contributed by atoms with van der Waals surface area (Å²) in [7, 11) is 0. The number of pyridine rings is 2. The van der Waals surface area contributed by atoms with Gasteiger partial charge in [-0.15, -0.1) is 0 Å². The zero-order valence-corrected chi connectivity index (χ0v) is 23.4. The number of nitrogens with zero attached hydrogens (tertiary/aromatic N) is 3. The molecule has 1 aromatic carbocycles. The Morgan fingerprint density at radius 3 is 1.61 bits per heavy atom. The number of aryl methyl sites for hydroxylation is 4. The smallest absolute Gasteiger partial charge is 1.00 e. The quantitative estimate of drug-likeness (QED) is 0.317. The fourth-order valence-electron chi connectivity index (χ4n) is 3.48. The molecule has 0 aliphatic carbocycles. The van der Waals surface area contributed by atoms with Crippen LogP contribution in [0.5, 0.6) is 0 Å². The van der Waals surface area contributed by atoms with Crippen molar-refractivity contribution in [2.45, 2.75) is 40.8 Å². The van der Waals surface area contributed by atoms with Crippen LogP contribution in [-0.2, 0) is 32.6 Å². The number of benzene rings is 1. The van der Waals surface area contributed by atoms with Crippen LogP contribution in [0.1, 0.15) is 33.9 Å². The predicted molar refractivity (Wildman–Crippen MR) is 116 cm³/mol. The van der Waals surface area contributed by atoms with Crippen molar-refractivity contribution in [1.29, 1.82) is 0 Å². The van der Waals surface area contributed by atoms with Crippen LogP contribution in [0.3, 0.4) is 0 Å². The van der Waals surface area contributed by atoms with Gasteiger partial charge in [-0.2, -0.15) is 0 Å². The van der Waals surface area contributed by atoms with Crippen molar-refractivity contribution in [1.82, 2.24) is 14.9 Å². The molecule has 4 nitrogen and oxygen atoms in total. The van der Waals surface area contributed by atoms with Gasteiger partial charge in [-0.1, -0.05) is 30.3 Å².